The molecule has 4 heteroatoms. The van der Waals surface area contributed by atoms with Gasteiger partial charge in [-0.1, -0.05) is 6.42 Å². The molecule has 3 atom stereocenters. The molecule has 114 valence electrons. The Kier molecular flexibility index (Phi) is 3.93. The molecule has 4 nitrogen and oxygen atoms in total. The van der Waals surface area contributed by atoms with Gasteiger partial charge in [-0.2, -0.15) is 0 Å². The van der Waals surface area contributed by atoms with Gasteiger partial charge in [-0.3, -0.25) is 0 Å². The Morgan fingerprint density at radius 1 is 1.20 bits per heavy atom. The van der Waals surface area contributed by atoms with Gasteiger partial charge in [-0.25, -0.2) is 4.79 Å². The van der Waals surface area contributed by atoms with Crippen molar-refractivity contribution in [1.82, 2.24) is 15.1 Å². The van der Waals surface area contributed by atoms with Gasteiger partial charge < -0.3 is 15.1 Å². The van der Waals surface area contributed by atoms with Crippen LogP contribution in [-0.4, -0.2) is 54.1 Å². The highest BCUT2D eigenvalue weighted by atomic mass is 16.2. The quantitative estimate of drug-likeness (QED) is 0.861. The lowest BCUT2D eigenvalue weighted by atomic mass is 9.82. The van der Waals surface area contributed by atoms with E-state index in [2.05, 4.69) is 24.2 Å². The summed E-state index contributed by atoms with van der Waals surface area (Å²) in [5.74, 6) is 0.739. The maximum Gasteiger partial charge on any atom is 0.317 e. The van der Waals surface area contributed by atoms with E-state index < -0.39 is 0 Å². The molecule has 2 aliphatic heterocycles. The molecule has 3 rings (SSSR count). The van der Waals surface area contributed by atoms with E-state index in [9.17, 15) is 4.79 Å². The predicted molar refractivity (Wildman–Crippen MR) is 80.7 cm³/mol. The molecule has 0 spiro atoms. The number of fused-ring (bicyclic) bond motifs is 2. The normalized spacial score (nSPS) is 35.5. The molecule has 0 aromatic carbocycles. The van der Waals surface area contributed by atoms with Crippen molar-refractivity contribution in [3.63, 3.8) is 0 Å². The van der Waals surface area contributed by atoms with Gasteiger partial charge in [-0.05, 0) is 58.4 Å². The summed E-state index contributed by atoms with van der Waals surface area (Å²) in [5.41, 5.74) is 0. The fraction of sp³-hybridized carbons (Fsp3) is 0.938. The van der Waals surface area contributed by atoms with E-state index in [0.717, 1.165) is 18.8 Å². The molecule has 2 heterocycles. The summed E-state index contributed by atoms with van der Waals surface area (Å²) in [6.07, 6.45) is 8.80. The topological polar surface area (TPSA) is 35.6 Å². The SMILES string of the molecule is CC(C1CC1)N(C)C(=O)NC1CC2CCCC(C1)N2C. The maximum absolute atomic E-state index is 12.4. The van der Waals surface area contributed by atoms with Crippen LogP contribution in [0.25, 0.3) is 0 Å². The monoisotopic (exact) mass is 279 g/mol. The van der Waals surface area contributed by atoms with Gasteiger partial charge in [0.1, 0.15) is 0 Å². The van der Waals surface area contributed by atoms with E-state index in [-0.39, 0.29) is 6.03 Å². The third-order valence-corrected chi connectivity index (χ3v) is 5.90. The molecule has 3 aliphatic rings. The van der Waals surface area contributed by atoms with Crippen LogP contribution >= 0.6 is 0 Å². The number of carbonyl (C=O) groups is 1. The molecule has 0 radical (unpaired) electrons. The molecule has 2 bridgehead atoms. The van der Waals surface area contributed by atoms with E-state index >= 15 is 0 Å². The third-order valence-electron chi connectivity index (χ3n) is 5.90. The Balaban J connectivity index is 1.53. The second kappa shape index (κ2) is 5.55. The summed E-state index contributed by atoms with van der Waals surface area (Å²) in [6.45, 7) is 2.18. The Labute approximate surface area is 122 Å². The summed E-state index contributed by atoms with van der Waals surface area (Å²) >= 11 is 0. The lowest BCUT2D eigenvalue weighted by molar-refractivity contribution is 0.0492. The summed E-state index contributed by atoms with van der Waals surface area (Å²) in [5, 5.41) is 3.29. The second-order valence-electron chi connectivity index (χ2n) is 7.21. The molecular formula is C16H29N3O. The Hall–Kier alpha value is -0.770. The standard InChI is InChI=1S/C16H29N3O/c1-11(12-7-8-12)18(2)16(20)17-13-9-14-5-4-6-15(10-13)19(14)3/h11-15H,4-10H2,1-3H3,(H,17,20). The van der Waals surface area contributed by atoms with Gasteiger partial charge in [0, 0.05) is 31.2 Å². The number of piperidine rings is 2. The van der Waals surface area contributed by atoms with Gasteiger partial charge in [0.15, 0.2) is 0 Å². The van der Waals surface area contributed by atoms with Gasteiger partial charge >= 0.3 is 6.03 Å². The molecule has 2 amide bonds. The van der Waals surface area contributed by atoms with Crippen molar-refractivity contribution in [1.29, 1.82) is 0 Å². The number of hydrogen-bond donors (Lipinski definition) is 1. The number of urea groups is 1. The van der Waals surface area contributed by atoms with Crippen molar-refractivity contribution < 1.29 is 4.79 Å². The van der Waals surface area contributed by atoms with Gasteiger partial charge in [0.2, 0.25) is 0 Å². The van der Waals surface area contributed by atoms with Crippen LogP contribution in [0.4, 0.5) is 4.79 Å². The third kappa shape index (κ3) is 2.80. The zero-order chi connectivity index (χ0) is 14.3. The first-order valence-corrected chi connectivity index (χ1v) is 8.31. The Morgan fingerprint density at radius 3 is 2.35 bits per heavy atom. The van der Waals surface area contributed by atoms with Crippen LogP contribution < -0.4 is 5.32 Å². The average molecular weight is 279 g/mol. The highest BCUT2D eigenvalue weighted by Gasteiger charge is 2.38. The molecule has 3 fully saturated rings. The van der Waals surface area contributed by atoms with Gasteiger partial charge in [-0.15, -0.1) is 0 Å². The zero-order valence-electron chi connectivity index (χ0n) is 13.1. The van der Waals surface area contributed by atoms with E-state index in [1.165, 1.54) is 32.1 Å². The molecule has 0 aromatic heterocycles. The summed E-state index contributed by atoms with van der Waals surface area (Å²) in [6, 6.07) is 2.26. The Morgan fingerprint density at radius 2 is 1.80 bits per heavy atom. The zero-order valence-corrected chi connectivity index (χ0v) is 13.1. The first-order valence-electron chi connectivity index (χ1n) is 8.31. The van der Waals surface area contributed by atoms with Crippen LogP contribution in [0.5, 0.6) is 0 Å². The molecule has 1 saturated carbocycles. The molecule has 0 aromatic rings. The molecule has 20 heavy (non-hydrogen) atoms. The maximum atomic E-state index is 12.4. The van der Waals surface area contributed by atoms with Crippen molar-refractivity contribution in [2.75, 3.05) is 14.1 Å². The van der Waals surface area contributed by atoms with Crippen LogP contribution in [0, 0.1) is 5.92 Å². The number of nitrogens with zero attached hydrogens (tertiary/aromatic N) is 2. The van der Waals surface area contributed by atoms with E-state index in [1.54, 1.807) is 0 Å². The highest BCUT2D eigenvalue weighted by Crippen LogP contribution is 2.35. The van der Waals surface area contributed by atoms with E-state index in [1.807, 2.05) is 11.9 Å². The first kappa shape index (κ1) is 14.2. The van der Waals surface area contributed by atoms with Crippen LogP contribution in [-0.2, 0) is 0 Å². The number of carbonyl (C=O) groups excluding carboxylic acids is 1. The van der Waals surface area contributed by atoms with Crippen LogP contribution in [0.15, 0.2) is 0 Å². The van der Waals surface area contributed by atoms with Crippen molar-refractivity contribution in [3.8, 4) is 0 Å². The number of nitrogens with one attached hydrogen (secondary N) is 1. The highest BCUT2D eigenvalue weighted by molar-refractivity contribution is 5.74. The van der Waals surface area contributed by atoms with Crippen LogP contribution in [0.3, 0.4) is 0 Å². The number of hydrogen-bond acceptors (Lipinski definition) is 2. The Bertz CT molecular complexity index is 355. The molecule has 1 aliphatic carbocycles. The molecule has 1 N–H and O–H groups in total. The minimum absolute atomic E-state index is 0.136. The summed E-state index contributed by atoms with van der Waals surface area (Å²) in [4.78, 5) is 16.9. The summed E-state index contributed by atoms with van der Waals surface area (Å²) < 4.78 is 0. The van der Waals surface area contributed by atoms with Crippen molar-refractivity contribution in [2.45, 2.75) is 76.0 Å². The molecule has 2 saturated heterocycles. The first-order chi connectivity index (χ1) is 9.56. The fourth-order valence-corrected chi connectivity index (χ4v) is 4.09. The second-order valence-corrected chi connectivity index (χ2v) is 7.21. The lowest BCUT2D eigenvalue weighted by Gasteiger charge is -2.47. The number of amides is 2. The van der Waals surface area contributed by atoms with Crippen LogP contribution in [0.1, 0.15) is 51.9 Å². The minimum atomic E-state index is 0.136. The van der Waals surface area contributed by atoms with Crippen molar-refractivity contribution in [2.24, 2.45) is 5.92 Å². The molecular weight excluding hydrogens is 250 g/mol. The van der Waals surface area contributed by atoms with Crippen molar-refractivity contribution in [3.05, 3.63) is 0 Å². The van der Waals surface area contributed by atoms with Gasteiger partial charge in [0.25, 0.3) is 0 Å². The lowest BCUT2D eigenvalue weighted by Crippen LogP contribution is -2.57. The fourth-order valence-electron chi connectivity index (χ4n) is 4.09. The largest absolute Gasteiger partial charge is 0.335 e. The summed E-state index contributed by atoms with van der Waals surface area (Å²) in [7, 11) is 4.21. The van der Waals surface area contributed by atoms with Crippen LogP contribution in [0.2, 0.25) is 0 Å². The van der Waals surface area contributed by atoms with Gasteiger partial charge in [0.05, 0.1) is 0 Å². The number of rotatable bonds is 3. The average Bonchev–Trinajstić information content (AvgIpc) is 3.22. The van der Waals surface area contributed by atoms with E-state index in [0.29, 0.717) is 24.2 Å². The predicted octanol–water partition coefficient (Wildman–Crippen LogP) is 2.44. The van der Waals surface area contributed by atoms with Crippen molar-refractivity contribution >= 4 is 6.03 Å². The smallest absolute Gasteiger partial charge is 0.317 e. The minimum Gasteiger partial charge on any atom is -0.335 e. The van der Waals surface area contributed by atoms with E-state index in [4.69, 9.17) is 0 Å². The molecule has 3 unspecified atom stereocenters.